The van der Waals surface area contributed by atoms with Crippen LogP contribution in [0.5, 0.6) is 11.5 Å². The molecule has 2 aromatic carbocycles. The highest BCUT2D eigenvalue weighted by Crippen LogP contribution is 2.27. The first-order chi connectivity index (χ1) is 15.1. The van der Waals surface area contributed by atoms with Crippen LogP contribution in [0, 0.1) is 0 Å². The van der Waals surface area contributed by atoms with Gasteiger partial charge in [-0.25, -0.2) is 0 Å². The fourth-order valence-corrected chi connectivity index (χ4v) is 3.64. The van der Waals surface area contributed by atoms with Crippen molar-refractivity contribution in [2.24, 2.45) is 4.99 Å². The van der Waals surface area contributed by atoms with E-state index in [4.69, 9.17) is 9.47 Å². The second-order valence-corrected chi connectivity index (χ2v) is 7.46. The zero-order valence-electron chi connectivity index (χ0n) is 19.0. The van der Waals surface area contributed by atoms with Crippen LogP contribution in [-0.2, 0) is 17.8 Å². The molecule has 1 heterocycles. The van der Waals surface area contributed by atoms with Crippen LogP contribution in [0.2, 0.25) is 0 Å². The van der Waals surface area contributed by atoms with Crippen molar-refractivity contribution in [2.75, 3.05) is 39.3 Å². The minimum Gasteiger partial charge on any atom is -0.493 e. The Morgan fingerprint density at radius 3 is 2.38 bits per heavy atom. The standard InChI is InChI=1S/C24H32N4O3.HI/c1-25-24(26-14-13-18-9-12-21(30-2)22(16-18)31-3)27-17-19-7-10-20(11-8-19)28-15-5-4-6-23(28)29;/h7-12,16H,4-6,13-15,17H2,1-3H3,(H2,25,26,27);1H. The van der Waals surface area contributed by atoms with Crippen LogP contribution in [0.1, 0.15) is 30.4 Å². The highest BCUT2D eigenvalue weighted by atomic mass is 127. The number of carbonyl (C=O) groups is 1. The lowest BCUT2D eigenvalue weighted by Crippen LogP contribution is -2.38. The zero-order valence-corrected chi connectivity index (χ0v) is 21.3. The average Bonchev–Trinajstić information content (AvgIpc) is 2.81. The fraction of sp³-hybridized carbons (Fsp3) is 0.417. The van der Waals surface area contributed by atoms with Gasteiger partial charge in [0.25, 0.3) is 0 Å². The number of hydrogen-bond donors (Lipinski definition) is 2. The predicted molar refractivity (Wildman–Crippen MR) is 140 cm³/mol. The van der Waals surface area contributed by atoms with Gasteiger partial charge in [-0.1, -0.05) is 18.2 Å². The van der Waals surface area contributed by atoms with Crippen LogP contribution in [0.25, 0.3) is 0 Å². The minimum atomic E-state index is 0. The van der Waals surface area contributed by atoms with Crippen LogP contribution in [0.4, 0.5) is 5.69 Å². The molecule has 1 fully saturated rings. The van der Waals surface area contributed by atoms with Crippen LogP contribution >= 0.6 is 24.0 Å². The predicted octanol–water partition coefficient (Wildman–Crippen LogP) is 3.75. The number of nitrogens with one attached hydrogen (secondary N) is 2. The molecule has 7 nitrogen and oxygen atoms in total. The van der Waals surface area contributed by atoms with Crippen molar-refractivity contribution in [3.8, 4) is 11.5 Å². The molecule has 8 heteroatoms. The summed E-state index contributed by atoms with van der Waals surface area (Å²) in [6.45, 7) is 2.21. The maximum Gasteiger partial charge on any atom is 0.226 e. The summed E-state index contributed by atoms with van der Waals surface area (Å²) in [5.74, 6) is 2.43. The number of carbonyl (C=O) groups excluding carboxylic acids is 1. The van der Waals surface area contributed by atoms with Gasteiger partial charge in [-0.3, -0.25) is 9.79 Å². The van der Waals surface area contributed by atoms with Gasteiger partial charge >= 0.3 is 0 Å². The van der Waals surface area contributed by atoms with Gasteiger partial charge in [-0.2, -0.15) is 0 Å². The Hall–Kier alpha value is -2.49. The average molecular weight is 552 g/mol. The Labute approximate surface area is 207 Å². The van der Waals surface area contributed by atoms with Crippen molar-refractivity contribution < 1.29 is 14.3 Å². The highest BCUT2D eigenvalue weighted by molar-refractivity contribution is 14.0. The Bertz CT molecular complexity index is 903. The zero-order chi connectivity index (χ0) is 22.1. The molecule has 0 bridgehead atoms. The minimum absolute atomic E-state index is 0. The molecule has 1 saturated heterocycles. The van der Waals surface area contributed by atoms with E-state index in [2.05, 4.69) is 27.8 Å². The second kappa shape index (κ2) is 13.1. The number of aliphatic imine (C=N–C) groups is 1. The number of anilines is 1. The molecule has 32 heavy (non-hydrogen) atoms. The third-order valence-corrected chi connectivity index (χ3v) is 5.41. The molecule has 1 aliphatic rings. The van der Waals surface area contributed by atoms with Gasteiger partial charge in [0.2, 0.25) is 5.91 Å². The van der Waals surface area contributed by atoms with E-state index in [0.29, 0.717) is 13.0 Å². The summed E-state index contributed by atoms with van der Waals surface area (Å²) in [7, 11) is 5.04. The lowest BCUT2D eigenvalue weighted by atomic mass is 10.1. The van der Waals surface area contributed by atoms with Gasteiger partial charge in [-0.05, 0) is 54.7 Å². The number of hydrogen-bond acceptors (Lipinski definition) is 4. The molecule has 0 radical (unpaired) electrons. The van der Waals surface area contributed by atoms with Gasteiger partial charge in [0, 0.05) is 38.8 Å². The van der Waals surface area contributed by atoms with Gasteiger partial charge < -0.3 is 25.0 Å². The maximum absolute atomic E-state index is 12.1. The first kappa shape index (κ1) is 25.8. The Balaban J connectivity index is 0.00000363. The summed E-state index contributed by atoms with van der Waals surface area (Å²) in [5, 5.41) is 6.67. The Morgan fingerprint density at radius 1 is 1.00 bits per heavy atom. The topological polar surface area (TPSA) is 75.2 Å². The molecule has 1 amide bonds. The third kappa shape index (κ3) is 7.01. The van der Waals surface area contributed by atoms with Gasteiger partial charge in [0.1, 0.15) is 0 Å². The molecule has 0 atom stereocenters. The number of benzene rings is 2. The number of ether oxygens (including phenoxy) is 2. The van der Waals surface area contributed by atoms with Crippen LogP contribution in [0.15, 0.2) is 47.5 Å². The number of nitrogens with zero attached hydrogens (tertiary/aromatic N) is 2. The highest BCUT2D eigenvalue weighted by Gasteiger charge is 2.19. The lowest BCUT2D eigenvalue weighted by Gasteiger charge is -2.26. The molecule has 3 rings (SSSR count). The van der Waals surface area contributed by atoms with Crippen LogP contribution in [-0.4, -0.2) is 46.2 Å². The second-order valence-electron chi connectivity index (χ2n) is 7.46. The molecule has 174 valence electrons. The van der Waals surface area contributed by atoms with E-state index < -0.39 is 0 Å². The molecule has 1 aliphatic heterocycles. The van der Waals surface area contributed by atoms with E-state index in [1.165, 1.54) is 0 Å². The molecule has 0 spiro atoms. The summed E-state index contributed by atoms with van der Waals surface area (Å²) >= 11 is 0. The van der Waals surface area contributed by atoms with Gasteiger partial charge in [0.05, 0.1) is 14.2 Å². The van der Waals surface area contributed by atoms with E-state index in [-0.39, 0.29) is 29.9 Å². The molecule has 2 N–H and O–H groups in total. The quantitative estimate of drug-likeness (QED) is 0.297. The molecule has 0 aromatic heterocycles. The number of amides is 1. The number of piperidine rings is 1. The maximum atomic E-state index is 12.1. The van der Waals surface area contributed by atoms with Crippen molar-refractivity contribution in [1.29, 1.82) is 0 Å². The van der Waals surface area contributed by atoms with E-state index in [9.17, 15) is 4.79 Å². The first-order valence-corrected chi connectivity index (χ1v) is 10.7. The van der Waals surface area contributed by atoms with Crippen molar-refractivity contribution in [1.82, 2.24) is 10.6 Å². The van der Waals surface area contributed by atoms with E-state index >= 15 is 0 Å². The largest absolute Gasteiger partial charge is 0.493 e. The summed E-state index contributed by atoms with van der Waals surface area (Å²) in [6, 6.07) is 14.1. The van der Waals surface area contributed by atoms with Crippen molar-refractivity contribution in [3.05, 3.63) is 53.6 Å². The first-order valence-electron chi connectivity index (χ1n) is 10.7. The van der Waals surface area contributed by atoms with Crippen molar-refractivity contribution >= 4 is 41.5 Å². The van der Waals surface area contributed by atoms with Crippen molar-refractivity contribution in [3.63, 3.8) is 0 Å². The van der Waals surface area contributed by atoms with E-state index in [0.717, 1.165) is 66.6 Å². The number of halogens is 1. The molecule has 0 saturated carbocycles. The number of guanidine groups is 1. The number of methoxy groups -OCH3 is 2. The molecular weight excluding hydrogens is 519 g/mol. The Morgan fingerprint density at radius 2 is 1.72 bits per heavy atom. The van der Waals surface area contributed by atoms with E-state index in [1.807, 2.05) is 35.2 Å². The summed E-state index contributed by atoms with van der Waals surface area (Å²) in [6.07, 6.45) is 3.55. The van der Waals surface area contributed by atoms with E-state index in [1.54, 1.807) is 21.3 Å². The monoisotopic (exact) mass is 552 g/mol. The van der Waals surface area contributed by atoms with Crippen molar-refractivity contribution in [2.45, 2.75) is 32.2 Å². The smallest absolute Gasteiger partial charge is 0.226 e. The summed E-state index contributed by atoms with van der Waals surface area (Å²) in [4.78, 5) is 18.3. The van der Waals surface area contributed by atoms with Gasteiger partial charge in [0.15, 0.2) is 17.5 Å². The fourth-order valence-electron chi connectivity index (χ4n) is 3.64. The third-order valence-electron chi connectivity index (χ3n) is 5.41. The normalized spacial score (nSPS) is 13.9. The molecular formula is C24H33IN4O3. The molecule has 0 aliphatic carbocycles. The molecule has 0 unspecified atom stereocenters. The number of rotatable bonds is 8. The molecule has 2 aromatic rings. The Kier molecular flexibility index (Phi) is 10.6. The van der Waals surface area contributed by atoms with Crippen LogP contribution in [0.3, 0.4) is 0 Å². The SMILES string of the molecule is CN=C(NCCc1ccc(OC)c(OC)c1)NCc1ccc(N2CCCCC2=O)cc1.I. The summed E-state index contributed by atoms with van der Waals surface area (Å²) < 4.78 is 10.6. The summed E-state index contributed by atoms with van der Waals surface area (Å²) in [5.41, 5.74) is 3.27. The van der Waals surface area contributed by atoms with Crippen LogP contribution < -0.4 is 25.0 Å². The lowest BCUT2D eigenvalue weighted by molar-refractivity contribution is -0.119. The van der Waals surface area contributed by atoms with Gasteiger partial charge in [-0.15, -0.1) is 24.0 Å².